The molecule has 0 fully saturated rings. The largest absolute Gasteiger partial charge is 0.480 e. The Morgan fingerprint density at radius 1 is 1.37 bits per heavy atom. The van der Waals surface area contributed by atoms with Gasteiger partial charge in [0.15, 0.2) is 6.04 Å². The summed E-state index contributed by atoms with van der Waals surface area (Å²) in [5.41, 5.74) is 0. The van der Waals surface area contributed by atoms with Crippen molar-refractivity contribution < 1.29 is 24.2 Å². The third-order valence-corrected chi connectivity index (χ3v) is 3.59. The number of aliphatic hydroxyl groups excluding tert-OH is 1. The molecule has 0 bridgehead atoms. The van der Waals surface area contributed by atoms with E-state index in [1.54, 1.807) is 12.1 Å². The minimum Gasteiger partial charge on any atom is -0.480 e. The molecule has 7 heteroatoms. The van der Waals surface area contributed by atoms with E-state index in [2.05, 4.69) is 5.32 Å². The average Bonchev–Trinajstić information content (AvgIpc) is 2.78. The lowest BCUT2D eigenvalue weighted by Gasteiger charge is -2.10. The number of nitrogens with one attached hydrogen (secondary N) is 1. The van der Waals surface area contributed by atoms with Crippen LogP contribution >= 0.6 is 11.3 Å². The van der Waals surface area contributed by atoms with Crippen molar-refractivity contribution in [2.24, 2.45) is 0 Å². The maximum Gasteiger partial charge on any atom is 0.328 e. The van der Waals surface area contributed by atoms with E-state index in [0.29, 0.717) is 10.1 Å². The molecule has 5 nitrogen and oxygen atoms in total. The zero-order valence-electron chi connectivity index (χ0n) is 9.59. The van der Waals surface area contributed by atoms with Gasteiger partial charge in [-0.05, 0) is 23.6 Å². The van der Waals surface area contributed by atoms with E-state index in [0.717, 1.165) is 11.3 Å². The highest BCUT2D eigenvalue weighted by atomic mass is 32.1. The highest BCUT2D eigenvalue weighted by molar-refractivity contribution is 7.20. The molecule has 19 heavy (non-hydrogen) atoms. The van der Waals surface area contributed by atoms with Crippen LogP contribution in [0.1, 0.15) is 9.67 Å². The maximum absolute atomic E-state index is 13.0. The molecule has 0 aliphatic carbocycles. The van der Waals surface area contributed by atoms with Crippen LogP contribution in [0.4, 0.5) is 4.39 Å². The van der Waals surface area contributed by atoms with E-state index < -0.39 is 30.3 Å². The molecule has 0 saturated heterocycles. The second-order valence-electron chi connectivity index (χ2n) is 3.84. The van der Waals surface area contributed by atoms with E-state index in [1.807, 2.05) is 0 Å². The third kappa shape index (κ3) is 2.88. The predicted molar refractivity (Wildman–Crippen MR) is 67.8 cm³/mol. The molecule has 1 heterocycles. The first kappa shape index (κ1) is 13.4. The number of halogens is 1. The maximum atomic E-state index is 13.0. The van der Waals surface area contributed by atoms with Crippen molar-refractivity contribution in [2.45, 2.75) is 6.04 Å². The van der Waals surface area contributed by atoms with Gasteiger partial charge in [-0.2, -0.15) is 0 Å². The standard InChI is InChI=1S/C12H10FNO4S/c13-7-2-1-6-3-10(19-9(6)4-7)11(16)14-8(5-15)12(17)18/h1-4,8,15H,5H2,(H,14,16)(H,17,18)/t8-/m1/s1. The topological polar surface area (TPSA) is 86.6 Å². The van der Waals surface area contributed by atoms with Crippen LogP contribution in [0.15, 0.2) is 24.3 Å². The third-order valence-electron chi connectivity index (χ3n) is 2.49. The lowest BCUT2D eigenvalue weighted by atomic mass is 10.2. The number of carboxylic acids is 1. The van der Waals surface area contributed by atoms with Crippen LogP contribution in [0.3, 0.4) is 0 Å². The van der Waals surface area contributed by atoms with Gasteiger partial charge in [-0.1, -0.05) is 6.07 Å². The first-order valence-corrected chi connectivity index (χ1v) is 6.16. The lowest BCUT2D eigenvalue weighted by molar-refractivity contribution is -0.140. The Kier molecular flexibility index (Phi) is 3.77. The van der Waals surface area contributed by atoms with Gasteiger partial charge in [0.05, 0.1) is 11.5 Å². The first-order valence-electron chi connectivity index (χ1n) is 5.35. The number of amides is 1. The van der Waals surface area contributed by atoms with Gasteiger partial charge < -0.3 is 15.5 Å². The molecular formula is C12H10FNO4S. The number of rotatable bonds is 4. The molecule has 0 saturated carbocycles. The molecule has 1 atom stereocenters. The summed E-state index contributed by atoms with van der Waals surface area (Å²) in [7, 11) is 0. The van der Waals surface area contributed by atoms with Crippen molar-refractivity contribution in [3.63, 3.8) is 0 Å². The summed E-state index contributed by atoms with van der Waals surface area (Å²) in [5, 5.41) is 20.4. The zero-order valence-corrected chi connectivity index (χ0v) is 10.4. The number of hydrogen-bond acceptors (Lipinski definition) is 4. The molecule has 100 valence electrons. The Balaban J connectivity index is 2.24. The number of aliphatic hydroxyl groups is 1. The number of carbonyl (C=O) groups excluding carboxylic acids is 1. The fraction of sp³-hybridized carbons (Fsp3) is 0.167. The molecule has 0 aliphatic heterocycles. The molecular weight excluding hydrogens is 273 g/mol. The normalized spacial score (nSPS) is 12.3. The van der Waals surface area contributed by atoms with Crippen LogP contribution in [0.2, 0.25) is 0 Å². The van der Waals surface area contributed by atoms with E-state index in [1.165, 1.54) is 12.1 Å². The zero-order chi connectivity index (χ0) is 14.0. The van der Waals surface area contributed by atoms with E-state index >= 15 is 0 Å². The Morgan fingerprint density at radius 3 is 2.74 bits per heavy atom. The van der Waals surface area contributed by atoms with Gasteiger partial charge in [0, 0.05) is 4.70 Å². The van der Waals surface area contributed by atoms with Crippen molar-refractivity contribution in [3.05, 3.63) is 35.0 Å². The summed E-state index contributed by atoms with van der Waals surface area (Å²) >= 11 is 1.06. The van der Waals surface area contributed by atoms with Gasteiger partial charge >= 0.3 is 5.97 Å². The van der Waals surface area contributed by atoms with Gasteiger partial charge in [-0.15, -0.1) is 11.3 Å². The molecule has 1 aromatic carbocycles. The van der Waals surface area contributed by atoms with Crippen molar-refractivity contribution in [3.8, 4) is 0 Å². The van der Waals surface area contributed by atoms with E-state index in [-0.39, 0.29) is 4.88 Å². The summed E-state index contributed by atoms with van der Waals surface area (Å²) in [6.07, 6.45) is 0. The van der Waals surface area contributed by atoms with Gasteiger partial charge in [-0.25, -0.2) is 9.18 Å². The smallest absolute Gasteiger partial charge is 0.328 e. The van der Waals surface area contributed by atoms with E-state index in [9.17, 15) is 14.0 Å². The number of fused-ring (bicyclic) bond motifs is 1. The van der Waals surface area contributed by atoms with Gasteiger partial charge in [-0.3, -0.25) is 4.79 Å². The minimum absolute atomic E-state index is 0.264. The van der Waals surface area contributed by atoms with Crippen LogP contribution < -0.4 is 5.32 Å². The van der Waals surface area contributed by atoms with Crippen LogP contribution in [-0.4, -0.2) is 34.7 Å². The summed E-state index contributed by atoms with van der Waals surface area (Å²) in [6, 6.07) is 4.32. The summed E-state index contributed by atoms with van der Waals surface area (Å²) < 4.78 is 13.6. The SMILES string of the molecule is O=C(N[C@H](CO)C(=O)O)c1cc2ccc(F)cc2s1. The highest BCUT2D eigenvalue weighted by Crippen LogP contribution is 2.26. The minimum atomic E-state index is -1.35. The Hall–Kier alpha value is -1.99. The van der Waals surface area contributed by atoms with Gasteiger partial charge in [0.1, 0.15) is 5.82 Å². The van der Waals surface area contributed by atoms with Gasteiger partial charge in [0.2, 0.25) is 0 Å². The fourth-order valence-electron chi connectivity index (χ4n) is 1.53. The van der Waals surface area contributed by atoms with Crippen molar-refractivity contribution >= 4 is 33.3 Å². The highest BCUT2D eigenvalue weighted by Gasteiger charge is 2.20. The number of aliphatic carboxylic acids is 1. The molecule has 0 spiro atoms. The molecule has 3 N–H and O–H groups in total. The summed E-state index contributed by atoms with van der Waals surface area (Å²) in [5.74, 6) is -2.33. The second-order valence-corrected chi connectivity index (χ2v) is 4.92. The Labute approximate surface area is 111 Å². The van der Waals surface area contributed by atoms with Gasteiger partial charge in [0.25, 0.3) is 5.91 Å². The van der Waals surface area contributed by atoms with Crippen molar-refractivity contribution in [2.75, 3.05) is 6.61 Å². The Bertz CT molecular complexity index is 640. The fourth-order valence-corrected chi connectivity index (χ4v) is 2.52. The van der Waals surface area contributed by atoms with Crippen LogP contribution in [0.25, 0.3) is 10.1 Å². The number of thiophene rings is 1. The van der Waals surface area contributed by atoms with Crippen LogP contribution in [0.5, 0.6) is 0 Å². The quantitative estimate of drug-likeness (QED) is 0.787. The monoisotopic (exact) mass is 283 g/mol. The lowest BCUT2D eigenvalue weighted by Crippen LogP contribution is -2.43. The number of carbonyl (C=O) groups is 2. The number of benzene rings is 1. The molecule has 1 amide bonds. The summed E-state index contributed by atoms with van der Waals surface area (Å²) in [4.78, 5) is 22.8. The molecule has 0 aliphatic rings. The second kappa shape index (κ2) is 5.33. The molecule has 1 aromatic heterocycles. The number of carboxylic acid groups (broad SMARTS) is 1. The van der Waals surface area contributed by atoms with E-state index in [4.69, 9.17) is 10.2 Å². The molecule has 0 radical (unpaired) electrons. The average molecular weight is 283 g/mol. The molecule has 0 unspecified atom stereocenters. The first-order chi connectivity index (χ1) is 9.01. The van der Waals surface area contributed by atoms with Crippen molar-refractivity contribution in [1.29, 1.82) is 0 Å². The number of hydrogen-bond donors (Lipinski definition) is 3. The predicted octanol–water partition coefficient (Wildman–Crippen LogP) is 1.22. The van der Waals surface area contributed by atoms with Crippen LogP contribution in [-0.2, 0) is 4.79 Å². The van der Waals surface area contributed by atoms with Crippen molar-refractivity contribution in [1.82, 2.24) is 5.32 Å². The summed E-state index contributed by atoms with van der Waals surface area (Å²) in [6.45, 7) is -0.694. The van der Waals surface area contributed by atoms with Crippen LogP contribution in [0, 0.1) is 5.82 Å². The molecule has 2 aromatic rings. The Morgan fingerprint density at radius 2 is 2.11 bits per heavy atom. The molecule has 2 rings (SSSR count).